The molecule has 1 amide bonds. The van der Waals surface area contributed by atoms with E-state index in [1.165, 1.54) is 25.7 Å². The van der Waals surface area contributed by atoms with E-state index in [9.17, 15) is 4.79 Å². The number of anilines is 1. The van der Waals surface area contributed by atoms with Crippen LogP contribution in [0.15, 0.2) is 16.8 Å². The molecule has 2 aromatic heterocycles. The number of carbonyl (C=O) groups is 1. The first-order valence-electron chi connectivity index (χ1n) is 12.3. The number of amides is 1. The highest BCUT2D eigenvalue weighted by atomic mass is 16.5. The van der Waals surface area contributed by atoms with Crippen LogP contribution in [0.5, 0.6) is 0 Å². The number of aryl methyl sites for hydroxylation is 1. The predicted octanol–water partition coefficient (Wildman–Crippen LogP) is 4.33. The van der Waals surface area contributed by atoms with E-state index in [-0.39, 0.29) is 0 Å². The SMILES string of the molecule is Cc1cc(-c2cnc(N(C)C)nc2C2CCC(CNC(=O)C3C4CCCCC43)CC2)on1. The molecule has 172 valence electrons. The second kappa shape index (κ2) is 8.83. The van der Waals surface area contributed by atoms with E-state index in [1.54, 1.807) is 0 Å². The summed E-state index contributed by atoms with van der Waals surface area (Å²) in [6, 6.07) is 1.95. The van der Waals surface area contributed by atoms with E-state index in [4.69, 9.17) is 9.51 Å². The van der Waals surface area contributed by atoms with Crippen molar-refractivity contribution in [2.24, 2.45) is 23.7 Å². The molecular weight excluding hydrogens is 402 g/mol. The molecule has 0 bridgehead atoms. The van der Waals surface area contributed by atoms with Gasteiger partial charge in [0.05, 0.1) is 17.0 Å². The van der Waals surface area contributed by atoms with E-state index in [2.05, 4.69) is 15.5 Å². The molecule has 7 heteroatoms. The number of hydrogen-bond acceptors (Lipinski definition) is 6. The molecule has 7 nitrogen and oxygen atoms in total. The van der Waals surface area contributed by atoms with Crippen molar-refractivity contribution >= 4 is 11.9 Å². The lowest BCUT2D eigenvalue weighted by Gasteiger charge is -2.29. The van der Waals surface area contributed by atoms with Gasteiger partial charge in [0.1, 0.15) is 0 Å². The van der Waals surface area contributed by atoms with E-state index in [1.807, 2.05) is 38.2 Å². The maximum atomic E-state index is 12.7. The summed E-state index contributed by atoms with van der Waals surface area (Å²) in [4.78, 5) is 24.0. The molecule has 0 spiro atoms. The summed E-state index contributed by atoms with van der Waals surface area (Å²) in [6.07, 6.45) is 11.4. The monoisotopic (exact) mass is 437 g/mol. The fourth-order valence-corrected chi connectivity index (χ4v) is 5.98. The summed E-state index contributed by atoms with van der Waals surface area (Å²) in [6.45, 7) is 2.75. The van der Waals surface area contributed by atoms with Gasteiger partial charge in [-0.3, -0.25) is 4.79 Å². The molecule has 2 heterocycles. The smallest absolute Gasteiger partial charge is 0.225 e. The lowest BCUT2D eigenvalue weighted by Crippen LogP contribution is -2.32. The Kier molecular flexibility index (Phi) is 5.91. The lowest BCUT2D eigenvalue weighted by molar-refractivity contribution is -0.123. The van der Waals surface area contributed by atoms with Crippen LogP contribution in [0.1, 0.15) is 68.7 Å². The fourth-order valence-electron chi connectivity index (χ4n) is 5.98. The molecular formula is C25H35N5O2. The van der Waals surface area contributed by atoms with Crippen LogP contribution in [0.3, 0.4) is 0 Å². The summed E-state index contributed by atoms with van der Waals surface area (Å²) in [5, 5.41) is 7.35. The van der Waals surface area contributed by atoms with E-state index >= 15 is 0 Å². The van der Waals surface area contributed by atoms with Crippen molar-refractivity contribution in [2.45, 2.75) is 64.2 Å². The zero-order valence-corrected chi connectivity index (χ0v) is 19.5. The second-order valence-corrected chi connectivity index (χ2v) is 10.3. The zero-order chi connectivity index (χ0) is 22.2. The molecule has 0 aliphatic heterocycles. The Hall–Kier alpha value is -2.44. The minimum atomic E-state index is 0.312. The number of nitrogens with one attached hydrogen (secondary N) is 1. The van der Waals surface area contributed by atoms with Gasteiger partial charge in [-0.25, -0.2) is 9.97 Å². The van der Waals surface area contributed by atoms with Gasteiger partial charge >= 0.3 is 0 Å². The van der Waals surface area contributed by atoms with Gasteiger partial charge in [0.25, 0.3) is 0 Å². The van der Waals surface area contributed by atoms with E-state index in [0.717, 1.165) is 60.9 Å². The van der Waals surface area contributed by atoms with Crippen molar-refractivity contribution < 1.29 is 9.32 Å². The average Bonchev–Trinajstić information content (AvgIpc) is 3.39. The van der Waals surface area contributed by atoms with Crippen molar-refractivity contribution in [1.82, 2.24) is 20.4 Å². The topological polar surface area (TPSA) is 84.2 Å². The Labute approximate surface area is 190 Å². The van der Waals surface area contributed by atoms with Gasteiger partial charge in [0.15, 0.2) is 5.76 Å². The van der Waals surface area contributed by atoms with Gasteiger partial charge in [0.2, 0.25) is 11.9 Å². The summed E-state index contributed by atoms with van der Waals surface area (Å²) >= 11 is 0. The molecule has 2 atom stereocenters. The first kappa shape index (κ1) is 21.4. The van der Waals surface area contributed by atoms with Gasteiger partial charge in [-0.15, -0.1) is 0 Å². The summed E-state index contributed by atoms with van der Waals surface area (Å²) < 4.78 is 5.55. The first-order valence-corrected chi connectivity index (χ1v) is 12.3. The summed E-state index contributed by atoms with van der Waals surface area (Å²) in [5.41, 5.74) is 2.87. The van der Waals surface area contributed by atoms with Crippen LogP contribution in [0.25, 0.3) is 11.3 Å². The molecule has 2 aromatic rings. The zero-order valence-electron chi connectivity index (χ0n) is 19.5. The Bertz CT molecular complexity index is 951. The van der Waals surface area contributed by atoms with Crippen molar-refractivity contribution in [2.75, 3.05) is 25.5 Å². The average molecular weight is 438 g/mol. The third-order valence-electron chi connectivity index (χ3n) is 7.86. The molecule has 0 radical (unpaired) electrons. The van der Waals surface area contributed by atoms with Gasteiger partial charge in [-0.05, 0) is 63.2 Å². The van der Waals surface area contributed by atoms with Crippen LogP contribution < -0.4 is 10.2 Å². The highest BCUT2D eigenvalue weighted by Gasteiger charge is 2.54. The third kappa shape index (κ3) is 4.26. The largest absolute Gasteiger partial charge is 0.356 e. The quantitative estimate of drug-likeness (QED) is 0.724. The summed E-state index contributed by atoms with van der Waals surface area (Å²) in [5.74, 6) is 4.38. The van der Waals surface area contributed by atoms with Gasteiger partial charge in [0, 0.05) is 44.7 Å². The highest BCUT2D eigenvalue weighted by molar-refractivity contribution is 5.82. The van der Waals surface area contributed by atoms with Gasteiger partial charge in [-0.2, -0.15) is 0 Å². The van der Waals surface area contributed by atoms with Gasteiger partial charge in [-0.1, -0.05) is 18.0 Å². The normalized spacial score (nSPS) is 29.3. The molecule has 2 unspecified atom stereocenters. The molecule has 3 aliphatic carbocycles. The van der Waals surface area contributed by atoms with Crippen LogP contribution in [-0.2, 0) is 4.79 Å². The Balaban J connectivity index is 1.21. The Morgan fingerprint density at radius 3 is 2.47 bits per heavy atom. The number of carbonyl (C=O) groups excluding carboxylic acids is 1. The van der Waals surface area contributed by atoms with Crippen molar-refractivity contribution in [3.63, 3.8) is 0 Å². The molecule has 32 heavy (non-hydrogen) atoms. The van der Waals surface area contributed by atoms with Crippen LogP contribution in [0.4, 0.5) is 5.95 Å². The standard InChI is InChI=1S/C25H35N5O2/c1-15-12-21(32-29-15)20-14-27-25(30(2)3)28-23(20)17-10-8-16(9-11-17)13-26-24(31)22-18-6-4-5-7-19(18)22/h12,14,16-19,22H,4-11,13H2,1-3H3,(H,26,31). The summed E-state index contributed by atoms with van der Waals surface area (Å²) in [7, 11) is 3.93. The highest BCUT2D eigenvalue weighted by Crippen LogP contribution is 2.55. The van der Waals surface area contributed by atoms with Crippen LogP contribution in [0, 0.1) is 30.6 Å². The molecule has 1 N–H and O–H groups in total. The molecule has 0 saturated heterocycles. The first-order chi connectivity index (χ1) is 15.5. The molecule has 5 rings (SSSR count). The molecule has 0 aromatic carbocycles. The molecule has 3 saturated carbocycles. The van der Waals surface area contributed by atoms with Crippen molar-refractivity contribution in [3.8, 4) is 11.3 Å². The van der Waals surface area contributed by atoms with Crippen molar-refractivity contribution in [3.05, 3.63) is 23.7 Å². The lowest BCUT2D eigenvalue weighted by atomic mass is 9.79. The van der Waals surface area contributed by atoms with Gasteiger partial charge < -0.3 is 14.7 Å². The number of aromatic nitrogens is 3. The molecule has 3 aliphatic rings. The van der Waals surface area contributed by atoms with E-state index in [0.29, 0.717) is 35.5 Å². The minimum absolute atomic E-state index is 0.312. The van der Waals surface area contributed by atoms with E-state index < -0.39 is 0 Å². The number of rotatable bonds is 6. The predicted molar refractivity (Wildman–Crippen MR) is 123 cm³/mol. The third-order valence-corrected chi connectivity index (χ3v) is 7.86. The fraction of sp³-hybridized carbons (Fsp3) is 0.680. The number of fused-ring (bicyclic) bond motifs is 1. The maximum Gasteiger partial charge on any atom is 0.225 e. The second-order valence-electron chi connectivity index (χ2n) is 10.3. The van der Waals surface area contributed by atoms with Crippen LogP contribution >= 0.6 is 0 Å². The number of nitrogens with zero attached hydrogens (tertiary/aromatic N) is 4. The van der Waals surface area contributed by atoms with Crippen LogP contribution in [0.2, 0.25) is 0 Å². The molecule has 3 fully saturated rings. The number of hydrogen-bond donors (Lipinski definition) is 1. The minimum Gasteiger partial charge on any atom is -0.356 e. The maximum absolute atomic E-state index is 12.7. The van der Waals surface area contributed by atoms with Crippen molar-refractivity contribution in [1.29, 1.82) is 0 Å². The van der Waals surface area contributed by atoms with Crippen LogP contribution in [-0.4, -0.2) is 41.7 Å². The Morgan fingerprint density at radius 1 is 1.12 bits per heavy atom. The Morgan fingerprint density at radius 2 is 1.84 bits per heavy atom.